The highest BCUT2D eigenvalue weighted by Crippen LogP contribution is 2.43. The van der Waals surface area contributed by atoms with Gasteiger partial charge in [-0.15, -0.1) is 0 Å². The molecule has 0 saturated heterocycles. The first-order chi connectivity index (χ1) is 39.2. The number of ether oxygens (including phenoxy) is 3. The minimum atomic E-state index is -4.80. The molecule has 11 nitrogen and oxygen atoms in total. The van der Waals surface area contributed by atoms with E-state index in [1.54, 1.807) is 0 Å². The summed E-state index contributed by atoms with van der Waals surface area (Å²) < 4.78 is 39.5. The standard InChI is InChI=1S/C68H105O11P/c1-4-7-10-13-16-19-22-25-28-31-32-35-36-39-42-45-48-51-54-57-66(70)75-61-65(79-68(72)59-56-53-50-47-44-41-38-34-30-27-24-21-18-15-12-9-6-3)63-77-80(73,74)76-62-64(60-69)78-67(71)58-55-52-49-46-43-40-37-33-29-26-23-20-17-14-11-8-5-2/h7-12,16-21,25-30,32,35,37-38,40-41,46-47,49-50,64-65,69H,4-6,13-15,22-24,31,33-34,36,39,42-45,48,51-63H2,1-3H3,(H,73,74)/b10-7-,11-8-,12-9-,19-16-,20-17-,21-18-,28-25-,29-26-,30-27-,35-32-,40-37-,41-38-,49-46-,50-47-. The van der Waals surface area contributed by atoms with Gasteiger partial charge in [0.05, 0.1) is 19.8 Å². The lowest BCUT2D eigenvalue weighted by molar-refractivity contribution is -0.161. The molecule has 3 unspecified atom stereocenters. The summed E-state index contributed by atoms with van der Waals surface area (Å²) in [5.74, 6) is -1.64. The molecule has 0 aromatic rings. The topological polar surface area (TPSA) is 155 Å². The van der Waals surface area contributed by atoms with Crippen molar-refractivity contribution in [2.45, 2.75) is 213 Å². The number of unbranched alkanes of at least 4 members (excludes halogenated alkanes) is 8. The molecule has 0 amide bonds. The molecule has 3 atom stereocenters. The van der Waals surface area contributed by atoms with Gasteiger partial charge in [-0.05, 0) is 135 Å². The van der Waals surface area contributed by atoms with Crippen LogP contribution in [-0.2, 0) is 42.2 Å². The third-order valence-corrected chi connectivity index (χ3v) is 12.6. The van der Waals surface area contributed by atoms with E-state index < -0.39 is 57.8 Å². The van der Waals surface area contributed by atoms with E-state index in [0.717, 1.165) is 128 Å². The lowest BCUT2D eigenvalue weighted by Gasteiger charge is -2.21. The van der Waals surface area contributed by atoms with Gasteiger partial charge in [0.15, 0.2) is 6.10 Å². The Labute approximate surface area is 485 Å². The summed E-state index contributed by atoms with van der Waals surface area (Å²) in [7, 11) is -4.80. The van der Waals surface area contributed by atoms with Crippen LogP contribution in [0.4, 0.5) is 0 Å². The Morgan fingerprint density at radius 3 is 0.975 bits per heavy atom. The molecular formula is C68H105O11P. The quantitative estimate of drug-likeness (QED) is 0.0197. The zero-order chi connectivity index (χ0) is 58.3. The average Bonchev–Trinajstić information content (AvgIpc) is 3.45. The molecule has 12 heteroatoms. The molecule has 0 aromatic heterocycles. The van der Waals surface area contributed by atoms with Crippen LogP contribution in [0.3, 0.4) is 0 Å². The fourth-order valence-corrected chi connectivity index (χ4v) is 7.97. The maximum absolute atomic E-state index is 12.9. The Morgan fingerprint density at radius 1 is 0.350 bits per heavy atom. The van der Waals surface area contributed by atoms with Crippen LogP contribution in [0, 0.1) is 0 Å². The molecule has 0 bridgehead atoms. The second kappa shape index (κ2) is 59.9. The Kier molecular flexibility index (Phi) is 56.1. The van der Waals surface area contributed by atoms with Crippen LogP contribution in [0.25, 0.3) is 0 Å². The summed E-state index contributed by atoms with van der Waals surface area (Å²) in [5.41, 5.74) is 0. The van der Waals surface area contributed by atoms with Gasteiger partial charge in [-0.1, -0.05) is 217 Å². The molecule has 0 spiro atoms. The predicted molar refractivity (Wildman–Crippen MR) is 334 cm³/mol. The average molecular weight is 1130 g/mol. The highest BCUT2D eigenvalue weighted by molar-refractivity contribution is 7.47. The molecule has 2 N–H and O–H groups in total. The fraction of sp³-hybridized carbons (Fsp3) is 0.544. The Bertz CT molecular complexity index is 1990. The van der Waals surface area contributed by atoms with Crippen LogP contribution in [0.1, 0.15) is 201 Å². The van der Waals surface area contributed by atoms with Crippen LogP contribution in [-0.4, -0.2) is 66.5 Å². The molecule has 0 aliphatic carbocycles. The summed E-state index contributed by atoms with van der Waals surface area (Å²) in [4.78, 5) is 48.6. The molecule has 0 aliphatic rings. The van der Waals surface area contributed by atoms with Gasteiger partial charge in [0.2, 0.25) is 0 Å². The minimum absolute atomic E-state index is 0.0708. The van der Waals surface area contributed by atoms with E-state index in [-0.39, 0.29) is 25.9 Å². The lowest BCUT2D eigenvalue weighted by atomic mass is 10.1. The molecule has 0 aliphatic heterocycles. The number of carbonyl (C=O) groups excluding carboxylic acids is 3. The first kappa shape index (κ1) is 74.8. The maximum atomic E-state index is 12.9. The van der Waals surface area contributed by atoms with E-state index in [0.29, 0.717) is 32.1 Å². The maximum Gasteiger partial charge on any atom is 0.472 e. The van der Waals surface area contributed by atoms with E-state index in [1.807, 2.05) is 24.3 Å². The smallest absolute Gasteiger partial charge is 0.462 e. The summed E-state index contributed by atoms with van der Waals surface area (Å²) in [6, 6.07) is 0. The van der Waals surface area contributed by atoms with Gasteiger partial charge in [0, 0.05) is 19.3 Å². The van der Waals surface area contributed by atoms with Crippen LogP contribution in [0.5, 0.6) is 0 Å². The van der Waals surface area contributed by atoms with E-state index in [1.165, 1.54) is 0 Å². The number of hydrogen-bond acceptors (Lipinski definition) is 10. The van der Waals surface area contributed by atoms with E-state index in [9.17, 15) is 28.9 Å². The third kappa shape index (κ3) is 57.5. The van der Waals surface area contributed by atoms with Crippen molar-refractivity contribution in [1.29, 1.82) is 0 Å². The number of hydrogen-bond donors (Lipinski definition) is 2. The Morgan fingerprint density at radius 2 is 0.625 bits per heavy atom. The lowest BCUT2D eigenvalue weighted by Crippen LogP contribution is -2.30. The Balaban J connectivity index is 4.91. The fourth-order valence-electron chi connectivity index (χ4n) is 7.18. The third-order valence-electron chi connectivity index (χ3n) is 11.6. The van der Waals surface area contributed by atoms with Crippen molar-refractivity contribution < 1.29 is 52.2 Å². The normalized spacial score (nSPS) is 14.5. The molecule has 0 radical (unpaired) electrons. The van der Waals surface area contributed by atoms with Gasteiger partial charge in [0.1, 0.15) is 12.7 Å². The van der Waals surface area contributed by atoms with Crippen molar-refractivity contribution >= 4 is 25.7 Å². The number of carbonyl (C=O) groups is 3. The second-order valence-electron chi connectivity index (χ2n) is 19.0. The van der Waals surface area contributed by atoms with Crippen LogP contribution >= 0.6 is 7.82 Å². The summed E-state index contributed by atoms with van der Waals surface area (Å²) in [6.07, 6.45) is 80.4. The number of rotatable bonds is 53. The number of esters is 3. The van der Waals surface area contributed by atoms with Gasteiger partial charge in [-0.3, -0.25) is 23.4 Å². The zero-order valence-electron chi connectivity index (χ0n) is 49.5. The first-order valence-corrected chi connectivity index (χ1v) is 31.5. The number of aliphatic hydroxyl groups excluding tert-OH is 1. The molecular weight excluding hydrogens is 1020 g/mol. The number of phosphoric ester groups is 1. The van der Waals surface area contributed by atoms with E-state index in [4.69, 9.17) is 23.3 Å². The molecule has 0 aromatic carbocycles. The molecule has 0 rings (SSSR count). The van der Waals surface area contributed by atoms with Crippen molar-refractivity contribution in [2.75, 3.05) is 26.4 Å². The van der Waals surface area contributed by atoms with Gasteiger partial charge >= 0.3 is 25.7 Å². The van der Waals surface area contributed by atoms with Crippen LogP contribution in [0.2, 0.25) is 0 Å². The van der Waals surface area contributed by atoms with Gasteiger partial charge in [-0.2, -0.15) is 0 Å². The van der Waals surface area contributed by atoms with Crippen molar-refractivity contribution in [3.05, 3.63) is 170 Å². The van der Waals surface area contributed by atoms with Crippen LogP contribution in [0.15, 0.2) is 170 Å². The molecule has 0 heterocycles. The van der Waals surface area contributed by atoms with E-state index in [2.05, 4.69) is 167 Å². The summed E-state index contributed by atoms with van der Waals surface area (Å²) in [5, 5.41) is 9.83. The second-order valence-corrected chi connectivity index (χ2v) is 20.5. The molecule has 80 heavy (non-hydrogen) atoms. The largest absolute Gasteiger partial charge is 0.472 e. The van der Waals surface area contributed by atoms with Gasteiger partial charge in [0.25, 0.3) is 0 Å². The summed E-state index contributed by atoms with van der Waals surface area (Å²) >= 11 is 0. The minimum Gasteiger partial charge on any atom is -0.462 e. The highest BCUT2D eigenvalue weighted by atomic mass is 31.2. The summed E-state index contributed by atoms with van der Waals surface area (Å²) in [6.45, 7) is 4.13. The number of aliphatic hydroxyl groups is 1. The van der Waals surface area contributed by atoms with Crippen molar-refractivity contribution in [1.82, 2.24) is 0 Å². The molecule has 0 saturated carbocycles. The van der Waals surface area contributed by atoms with Crippen LogP contribution < -0.4 is 0 Å². The zero-order valence-corrected chi connectivity index (χ0v) is 50.4. The van der Waals surface area contributed by atoms with Crippen molar-refractivity contribution in [3.63, 3.8) is 0 Å². The van der Waals surface area contributed by atoms with Gasteiger partial charge in [-0.25, -0.2) is 4.57 Å². The van der Waals surface area contributed by atoms with E-state index >= 15 is 0 Å². The SMILES string of the molecule is CC/C=C\C/C=C\C/C=C\C/C=C\C/C=C\CCCC(=O)OC(CO)COP(=O)(O)OCC(COC(=O)CCCCCCCC/C=C\C/C=C\C/C=C\C/C=C\CC)OC(=O)CCC/C=C\C/C=C\C/C=C\C/C=C\C/C=C\CC. The highest BCUT2D eigenvalue weighted by Gasteiger charge is 2.28. The molecule has 448 valence electrons. The Hall–Kier alpha value is -5.16. The van der Waals surface area contributed by atoms with Gasteiger partial charge < -0.3 is 24.2 Å². The predicted octanol–water partition coefficient (Wildman–Crippen LogP) is 18.2. The first-order valence-electron chi connectivity index (χ1n) is 30.0. The number of phosphoric acid groups is 1. The monoisotopic (exact) mass is 1130 g/mol. The van der Waals surface area contributed by atoms with Crippen molar-refractivity contribution in [2.24, 2.45) is 0 Å². The molecule has 0 fully saturated rings. The number of allylic oxidation sites excluding steroid dienone is 28. The van der Waals surface area contributed by atoms with Crippen molar-refractivity contribution in [3.8, 4) is 0 Å².